The summed E-state index contributed by atoms with van der Waals surface area (Å²) in [6, 6.07) is 6.18. The largest absolute Gasteiger partial charge is 0.298 e. The number of nitro groups is 1. The van der Waals surface area contributed by atoms with Crippen LogP contribution >= 0.6 is 0 Å². The van der Waals surface area contributed by atoms with Crippen LogP contribution in [0.2, 0.25) is 0 Å². The van der Waals surface area contributed by atoms with E-state index in [4.69, 9.17) is 0 Å². The van der Waals surface area contributed by atoms with Gasteiger partial charge in [-0.2, -0.15) is 0 Å². The number of nitrogens with zero attached hydrogens (tertiary/aromatic N) is 3. The third kappa shape index (κ3) is 2.15. The minimum atomic E-state index is -0.494. The summed E-state index contributed by atoms with van der Waals surface area (Å²) in [6.45, 7) is 0. The quantitative estimate of drug-likeness (QED) is 0.455. The first-order valence-corrected chi connectivity index (χ1v) is 4.73. The van der Waals surface area contributed by atoms with Gasteiger partial charge in [-0.3, -0.25) is 14.9 Å². The van der Waals surface area contributed by atoms with Crippen LogP contribution in [0.4, 0.5) is 5.69 Å². The second kappa shape index (κ2) is 4.48. The van der Waals surface area contributed by atoms with Crippen molar-refractivity contribution in [2.45, 2.75) is 0 Å². The van der Waals surface area contributed by atoms with Crippen LogP contribution in [0, 0.1) is 10.1 Å². The first-order chi connectivity index (χ1) is 8.22. The van der Waals surface area contributed by atoms with Crippen molar-refractivity contribution in [2.75, 3.05) is 0 Å². The van der Waals surface area contributed by atoms with E-state index >= 15 is 0 Å². The normalized spacial score (nSPS) is 9.88. The van der Waals surface area contributed by atoms with Gasteiger partial charge in [0.25, 0.3) is 5.69 Å². The molecule has 0 amide bonds. The molecular weight excluding hydrogens is 222 g/mol. The lowest BCUT2D eigenvalue weighted by atomic mass is 10.1. The molecule has 0 spiro atoms. The standard InChI is InChI=1S/C11H7N3O3/c15-7-8-5-12-11(13-6-8)9-3-1-2-4-10(9)14(16)17/h1-7H. The van der Waals surface area contributed by atoms with Gasteiger partial charge < -0.3 is 0 Å². The lowest BCUT2D eigenvalue weighted by molar-refractivity contribution is -0.384. The Morgan fingerprint density at radius 1 is 1.18 bits per heavy atom. The molecule has 2 aromatic rings. The maximum absolute atomic E-state index is 10.8. The number of carbonyl (C=O) groups excluding carboxylic acids is 1. The van der Waals surface area contributed by atoms with E-state index in [-0.39, 0.29) is 11.5 Å². The van der Waals surface area contributed by atoms with Gasteiger partial charge in [0.1, 0.15) is 0 Å². The average molecular weight is 229 g/mol. The number of para-hydroxylation sites is 1. The highest BCUT2D eigenvalue weighted by molar-refractivity contribution is 5.74. The fraction of sp³-hybridized carbons (Fsp3) is 0. The molecule has 6 nitrogen and oxygen atoms in total. The Hall–Kier alpha value is -2.63. The summed E-state index contributed by atoms with van der Waals surface area (Å²) in [4.78, 5) is 28.6. The molecule has 1 heterocycles. The van der Waals surface area contributed by atoms with E-state index in [0.717, 1.165) is 0 Å². The maximum atomic E-state index is 10.8. The second-order valence-electron chi connectivity index (χ2n) is 3.23. The van der Waals surface area contributed by atoms with E-state index in [1.807, 2.05) is 0 Å². The van der Waals surface area contributed by atoms with Gasteiger partial charge in [0.05, 0.1) is 16.1 Å². The zero-order valence-electron chi connectivity index (χ0n) is 8.61. The molecule has 0 bridgehead atoms. The minimum absolute atomic E-state index is 0.0636. The Labute approximate surface area is 96.1 Å². The number of carbonyl (C=O) groups is 1. The summed E-state index contributed by atoms with van der Waals surface area (Å²) in [7, 11) is 0. The van der Waals surface area contributed by atoms with Crippen LogP contribution in [0.1, 0.15) is 10.4 Å². The maximum Gasteiger partial charge on any atom is 0.280 e. The molecule has 2 rings (SSSR count). The van der Waals surface area contributed by atoms with Gasteiger partial charge in [-0.15, -0.1) is 0 Å². The number of benzene rings is 1. The first kappa shape index (κ1) is 10.9. The zero-order valence-corrected chi connectivity index (χ0v) is 8.61. The summed E-state index contributed by atoms with van der Waals surface area (Å²) in [5, 5.41) is 10.8. The van der Waals surface area contributed by atoms with Gasteiger partial charge in [-0.1, -0.05) is 12.1 Å². The number of nitro benzene ring substituents is 1. The van der Waals surface area contributed by atoms with E-state index in [9.17, 15) is 14.9 Å². The number of aldehydes is 1. The molecule has 0 radical (unpaired) electrons. The average Bonchev–Trinajstić information content (AvgIpc) is 2.39. The van der Waals surface area contributed by atoms with Crippen molar-refractivity contribution in [1.82, 2.24) is 9.97 Å². The molecule has 1 aromatic heterocycles. The highest BCUT2D eigenvalue weighted by Crippen LogP contribution is 2.26. The smallest absolute Gasteiger partial charge is 0.280 e. The molecule has 0 aliphatic rings. The number of hydrogen-bond donors (Lipinski definition) is 0. The van der Waals surface area contributed by atoms with Gasteiger partial charge >= 0.3 is 0 Å². The molecule has 0 atom stereocenters. The van der Waals surface area contributed by atoms with Crippen molar-refractivity contribution in [1.29, 1.82) is 0 Å². The Kier molecular flexibility index (Phi) is 2.87. The molecular formula is C11H7N3O3. The van der Waals surface area contributed by atoms with Gasteiger partial charge in [-0.25, -0.2) is 9.97 Å². The van der Waals surface area contributed by atoms with Crippen LogP contribution < -0.4 is 0 Å². The van der Waals surface area contributed by atoms with Crippen molar-refractivity contribution in [3.63, 3.8) is 0 Å². The summed E-state index contributed by atoms with van der Waals surface area (Å²) in [6.07, 6.45) is 3.27. The molecule has 0 saturated carbocycles. The predicted octanol–water partition coefficient (Wildman–Crippen LogP) is 1.86. The summed E-state index contributed by atoms with van der Waals surface area (Å²) < 4.78 is 0. The van der Waals surface area contributed by atoms with Crippen LogP contribution in [0.5, 0.6) is 0 Å². The van der Waals surface area contributed by atoms with Gasteiger partial charge in [0.2, 0.25) is 0 Å². The fourth-order valence-corrected chi connectivity index (χ4v) is 1.36. The van der Waals surface area contributed by atoms with E-state index in [1.165, 1.54) is 18.5 Å². The first-order valence-electron chi connectivity index (χ1n) is 4.73. The Bertz CT molecular complexity index is 566. The summed E-state index contributed by atoms with van der Waals surface area (Å²) in [5.41, 5.74) is 0.591. The van der Waals surface area contributed by atoms with Crippen molar-refractivity contribution < 1.29 is 9.72 Å². The lowest BCUT2D eigenvalue weighted by Crippen LogP contribution is -1.96. The van der Waals surface area contributed by atoms with Crippen LogP contribution in [-0.4, -0.2) is 21.2 Å². The van der Waals surface area contributed by atoms with Crippen LogP contribution in [0.3, 0.4) is 0 Å². The van der Waals surface area contributed by atoms with E-state index in [1.54, 1.807) is 18.2 Å². The summed E-state index contributed by atoms with van der Waals surface area (Å²) >= 11 is 0. The molecule has 0 saturated heterocycles. The monoisotopic (exact) mass is 229 g/mol. The van der Waals surface area contributed by atoms with Crippen molar-refractivity contribution in [2.24, 2.45) is 0 Å². The molecule has 17 heavy (non-hydrogen) atoms. The predicted molar refractivity (Wildman–Crippen MR) is 59.5 cm³/mol. The third-order valence-electron chi connectivity index (χ3n) is 2.15. The topological polar surface area (TPSA) is 86.0 Å². The second-order valence-corrected chi connectivity index (χ2v) is 3.23. The Morgan fingerprint density at radius 3 is 2.41 bits per heavy atom. The van der Waals surface area contributed by atoms with Crippen molar-refractivity contribution >= 4 is 12.0 Å². The molecule has 0 aliphatic heterocycles. The molecule has 1 aromatic carbocycles. The number of hydrogen-bond acceptors (Lipinski definition) is 5. The van der Waals surface area contributed by atoms with Crippen molar-refractivity contribution in [3.8, 4) is 11.4 Å². The third-order valence-corrected chi connectivity index (χ3v) is 2.15. The van der Waals surface area contributed by atoms with Crippen LogP contribution in [0.15, 0.2) is 36.7 Å². The Morgan fingerprint density at radius 2 is 1.82 bits per heavy atom. The molecule has 0 N–H and O–H groups in total. The molecule has 84 valence electrons. The highest BCUT2D eigenvalue weighted by atomic mass is 16.6. The van der Waals surface area contributed by atoms with E-state index < -0.39 is 4.92 Å². The number of aromatic nitrogens is 2. The lowest BCUT2D eigenvalue weighted by Gasteiger charge is -2.00. The summed E-state index contributed by atoms with van der Waals surface area (Å²) in [5.74, 6) is 0.225. The number of rotatable bonds is 3. The van der Waals surface area contributed by atoms with Gasteiger partial charge in [-0.05, 0) is 6.07 Å². The van der Waals surface area contributed by atoms with E-state index in [0.29, 0.717) is 17.4 Å². The van der Waals surface area contributed by atoms with Gasteiger partial charge in [0.15, 0.2) is 12.1 Å². The molecule has 6 heteroatoms. The van der Waals surface area contributed by atoms with Crippen molar-refractivity contribution in [3.05, 3.63) is 52.3 Å². The molecule has 0 fully saturated rings. The Balaban J connectivity index is 2.52. The molecule has 0 aliphatic carbocycles. The SMILES string of the molecule is O=Cc1cnc(-c2ccccc2[N+](=O)[O-])nc1. The van der Waals surface area contributed by atoms with Crippen LogP contribution in [0.25, 0.3) is 11.4 Å². The fourth-order valence-electron chi connectivity index (χ4n) is 1.36. The minimum Gasteiger partial charge on any atom is -0.298 e. The molecule has 0 unspecified atom stereocenters. The van der Waals surface area contributed by atoms with E-state index in [2.05, 4.69) is 9.97 Å². The van der Waals surface area contributed by atoms with Gasteiger partial charge in [0, 0.05) is 18.5 Å². The zero-order chi connectivity index (χ0) is 12.3. The van der Waals surface area contributed by atoms with Crippen LogP contribution in [-0.2, 0) is 0 Å². The highest BCUT2D eigenvalue weighted by Gasteiger charge is 2.15.